The van der Waals surface area contributed by atoms with Crippen molar-refractivity contribution in [3.8, 4) is 0 Å². The van der Waals surface area contributed by atoms with Crippen LogP contribution in [0, 0.1) is 0 Å². The van der Waals surface area contributed by atoms with Crippen molar-refractivity contribution in [2.45, 2.75) is 11.3 Å². The van der Waals surface area contributed by atoms with E-state index in [-0.39, 0.29) is 23.4 Å². The van der Waals surface area contributed by atoms with Gasteiger partial charge in [0.05, 0.1) is 10.6 Å². The molecule has 3 aromatic rings. The highest BCUT2D eigenvalue weighted by Gasteiger charge is 2.37. The zero-order valence-corrected chi connectivity index (χ0v) is 19.8. The maximum Gasteiger partial charge on any atom is 0.321 e. The fraction of sp³-hybridized carbons (Fsp3) is 0.250. The van der Waals surface area contributed by atoms with Gasteiger partial charge in [0, 0.05) is 42.3 Å². The van der Waals surface area contributed by atoms with Crippen molar-refractivity contribution >= 4 is 55.7 Å². The van der Waals surface area contributed by atoms with Crippen LogP contribution in [0.5, 0.6) is 0 Å². The average Bonchev–Trinajstić information content (AvgIpc) is 2.98. The highest BCUT2D eigenvalue weighted by atomic mass is 35.5. The van der Waals surface area contributed by atoms with Crippen molar-refractivity contribution in [3.63, 3.8) is 0 Å². The van der Waals surface area contributed by atoms with E-state index in [0.29, 0.717) is 54.4 Å². The van der Waals surface area contributed by atoms with E-state index in [1.807, 2.05) is 12.1 Å². The topological polar surface area (TPSA) is 90.0 Å². The van der Waals surface area contributed by atoms with Crippen LogP contribution < -0.4 is 9.62 Å². The summed E-state index contributed by atoms with van der Waals surface area (Å²) in [7, 11) is -3.80. The van der Waals surface area contributed by atoms with Crippen LogP contribution in [0.3, 0.4) is 0 Å². The largest absolute Gasteiger partial charge is 0.339 e. The summed E-state index contributed by atoms with van der Waals surface area (Å²) in [5, 5.41) is 4.83. The van der Waals surface area contributed by atoms with Crippen LogP contribution in [-0.2, 0) is 14.8 Å². The molecule has 3 amide bonds. The van der Waals surface area contributed by atoms with Crippen molar-refractivity contribution in [1.29, 1.82) is 0 Å². The Morgan fingerprint density at radius 2 is 1.62 bits per heavy atom. The minimum absolute atomic E-state index is 0.230. The van der Waals surface area contributed by atoms with Gasteiger partial charge >= 0.3 is 6.03 Å². The molecule has 10 heteroatoms. The molecule has 1 fully saturated rings. The van der Waals surface area contributed by atoms with Crippen LogP contribution in [-0.4, -0.2) is 62.9 Å². The van der Waals surface area contributed by atoms with Crippen molar-refractivity contribution < 1.29 is 18.0 Å². The van der Waals surface area contributed by atoms with E-state index in [1.54, 1.807) is 58.3 Å². The number of anilines is 2. The highest BCUT2D eigenvalue weighted by molar-refractivity contribution is 7.93. The Morgan fingerprint density at radius 3 is 2.41 bits per heavy atom. The maximum absolute atomic E-state index is 13.2. The Labute approximate surface area is 202 Å². The summed E-state index contributed by atoms with van der Waals surface area (Å²) in [6.45, 7) is 1.34. The molecule has 0 saturated carbocycles. The first-order chi connectivity index (χ1) is 16.3. The first kappa shape index (κ1) is 22.5. The third kappa shape index (κ3) is 4.05. The normalized spacial score (nSPS) is 17.0. The van der Waals surface area contributed by atoms with E-state index in [9.17, 15) is 18.0 Å². The molecule has 2 aliphatic rings. The van der Waals surface area contributed by atoms with E-state index in [0.717, 1.165) is 5.39 Å². The van der Waals surface area contributed by atoms with Crippen LogP contribution in [0.25, 0.3) is 10.8 Å². The number of amides is 3. The molecule has 5 rings (SSSR count). The Bertz CT molecular complexity index is 1390. The van der Waals surface area contributed by atoms with Gasteiger partial charge in [0.25, 0.3) is 10.0 Å². The Morgan fingerprint density at radius 1 is 0.912 bits per heavy atom. The number of carbonyl (C=O) groups is 2. The summed E-state index contributed by atoms with van der Waals surface area (Å²) >= 11 is 5.98. The molecule has 0 atom stereocenters. The predicted octanol–water partition coefficient (Wildman–Crippen LogP) is 3.77. The Balaban J connectivity index is 1.27. The standard InChI is InChI=1S/C24H23ClN4O4S/c25-18-7-3-8-19(15-18)26-24(31)28-12-4-11-27(13-14-28)22(30)16-29-20-9-1-5-17-6-2-10-21(23(17)20)34(29,32)33/h1-3,5-10,15H,4,11-14,16H2,(H,26,31). The number of hydrogen-bond donors (Lipinski definition) is 1. The van der Waals surface area contributed by atoms with Gasteiger partial charge in [0.2, 0.25) is 5.91 Å². The molecule has 1 saturated heterocycles. The van der Waals surface area contributed by atoms with E-state index >= 15 is 0 Å². The fourth-order valence-corrected chi connectivity index (χ4v) is 6.34. The highest BCUT2D eigenvalue weighted by Crippen LogP contribution is 2.41. The molecule has 34 heavy (non-hydrogen) atoms. The monoisotopic (exact) mass is 498 g/mol. The summed E-state index contributed by atoms with van der Waals surface area (Å²) in [6, 6.07) is 17.2. The third-order valence-electron chi connectivity index (χ3n) is 6.17. The lowest BCUT2D eigenvalue weighted by molar-refractivity contribution is -0.129. The quantitative estimate of drug-likeness (QED) is 0.595. The van der Waals surface area contributed by atoms with Gasteiger partial charge in [-0.15, -0.1) is 0 Å². The number of sulfonamides is 1. The zero-order chi connectivity index (χ0) is 23.9. The van der Waals surface area contributed by atoms with Gasteiger partial charge in [-0.05, 0) is 42.1 Å². The van der Waals surface area contributed by atoms with Gasteiger partial charge in [-0.3, -0.25) is 9.10 Å². The fourth-order valence-electron chi connectivity index (χ4n) is 4.49. The molecule has 0 radical (unpaired) electrons. The van der Waals surface area contributed by atoms with E-state index in [2.05, 4.69) is 5.32 Å². The number of urea groups is 1. The molecule has 1 N–H and O–H groups in total. The summed E-state index contributed by atoms with van der Waals surface area (Å²) in [6.07, 6.45) is 0.595. The second-order valence-corrected chi connectivity index (χ2v) is 10.6. The van der Waals surface area contributed by atoms with Crippen LogP contribution in [0.1, 0.15) is 6.42 Å². The molecule has 0 aliphatic carbocycles. The van der Waals surface area contributed by atoms with Crippen molar-refractivity contribution in [2.24, 2.45) is 0 Å². The van der Waals surface area contributed by atoms with Gasteiger partial charge in [-0.1, -0.05) is 41.9 Å². The number of rotatable bonds is 3. The summed E-state index contributed by atoms with van der Waals surface area (Å²) in [4.78, 5) is 29.4. The first-order valence-corrected chi connectivity index (χ1v) is 12.8. The SMILES string of the molecule is O=C(CN1c2cccc3cccc(c23)S1(=O)=O)N1CCCN(C(=O)Nc2cccc(Cl)c2)CC1. The summed E-state index contributed by atoms with van der Waals surface area (Å²) < 4.78 is 27.5. The van der Waals surface area contributed by atoms with Crippen LogP contribution >= 0.6 is 11.6 Å². The lowest BCUT2D eigenvalue weighted by atomic mass is 10.1. The zero-order valence-electron chi connectivity index (χ0n) is 18.3. The minimum atomic E-state index is -3.80. The molecule has 2 heterocycles. The van der Waals surface area contributed by atoms with Crippen LogP contribution in [0.2, 0.25) is 5.02 Å². The molecule has 0 unspecified atom stereocenters. The van der Waals surface area contributed by atoms with Crippen LogP contribution in [0.4, 0.5) is 16.2 Å². The van der Waals surface area contributed by atoms with Gasteiger partial charge in [-0.2, -0.15) is 0 Å². The third-order valence-corrected chi connectivity index (χ3v) is 8.21. The lowest BCUT2D eigenvalue weighted by Gasteiger charge is -2.25. The molecule has 0 bridgehead atoms. The van der Waals surface area contributed by atoms with Crippen molar-refractivity contribution in [1.82, 2.24) is 9.80 Å². The minimum Gasteiger partial charge on any atom is -0.339 e. The second-order valence-electron chi connectivity index (χ2n) is 8.30. The molecular weight excluding hydrogens is 476 g/mol. The second kappa shape index (κ2) is 8.81. The van der Waals surface area contributed by atoms with Crippen LogP contribution in [0.15, 0.2) is 65.6 Å². The van der Waals surface area contributed by atoms with E-state index < -0.39 is 10.0 Å². The lowest BCUT2D eigenvalue weighted by Crippen LogP contribution is -2.44. The van der Waals surface area contributed by atoms with E-state index in [1.165, 1.54) is 4.31 Å². The number of halogens is 1. The Hall–Kier alpha value is -3.30. The number of nitrogens with one attached hydrogen (secondary N) is 1. The van der Waals surface area contributed by atoms with E-state index in [4.69, 9.17) is 11.6 Å². The van der Waals surface area contributed by atoms with Gasteiger partial charge < -0.3 is 15.1 Å². The molecule has 2 aliphatic heterocycles. The van der Waals surface area contributed by atoms with Gasteiger partial charge in [0.1, 0.15) is 6.54 Å². The number of hydrogen-bond acceptors (Lipinski definition) is 4. The predicted molar refractivity (Wildman–Crippen MR) is 132 cm³/mol. The first-order valence-electron chi connectivity index (χ1n) is 11.0. The molecule has 8 nitrogen and oxygen atoms in total. The summed E-state index contributed by atoms with van der Waals surface area (Å²) in [5.74, 6) is -0.287. The molecule has 3 aromatic carbocycles. The molecule has 0 spiro atoms. The maximum atomic E-state index is 13.2. The van der Waals surface area contributed by atoms with Crippen molar-refractivity contribution in [3.05, 3.63) is 65.7 Å². The number of benzene rings is 3. The number of nitrogens with zero attached hydrogens (tertiary/aromatic N) is 3. The summed E-state index contributed by atoms with van der Waals surface area (Å²) in [5.41, 5.74) is 1.13. The number of carbonyl (C=O) groups excluding carboxylic acids is 2. The molecule has 0 aromatic heterocycles. The smallest absolute Gasteiger partial charge is 0.321 e. The molecule has 176 valence electrons. The average molecular weight is 499 g/mol. The van der Waals surface area contributed by atoms with Crippen molar-refractivity contribution in [2.75, 3.05) is 42.3 Å². The Kier molecular flexibility index (Phi) is 5.83. The van der Waals surface area contributed by atoms with Gasteiger partial charge in [0.15, 0.2) is 0 Å². The van der Waals surface area contributed by atoms with Gasteiger partial charge in [-0.25, -0.2) is 13.2 Å². The molecular formula is C24H23ClN4O4S.